The molecular weight excluding hydrogens is 367 g/mol. The van der Waals surface area contributed by atoms with Crippen LogP contribution in [-0.4, -0.2) is 29.8 Å². The monoisotopic (exact) mass is 394 g/mol. The van der Waals surface area contributed by atoms with Crippen molar-refractivity contribution in [1.29, 1.82) is 0 Å². The molecule has 0 aliphatic carbocycles. The summed E-state index contributed by atoms with van der Waals surface area (Å²) in [5.41, 5.74) is 3.19. The third kappa shape index (κ3) is 5.53. The van der Waals surface area contributed by atoms with Gasteiger partial charge in [-0.05, 0) is 61.1 Å². The lowest BCUT2D eigenvalue weighted by atomic mass is 9.93. The molecule has 0 radical (unpaired) electrons. The maximum Gasteiger partial charge on any atom is 0.224 e. The Kier molecular flexibility index (Phi) is 6.81. The van der Waals surface area contributed by atoms with Gasteiger partial charge in [-0.15, -0.1) is 0 Å². The lowest BCUT2D eigenvalue weighted by Gasteiger charge is -2.30. The second kappa shape index (κ2) is 9.50. The molecule has 5 heteroatoms. The number of carbonyl (C=O) groups excluding carboxylic acids is 2. The number of halogens is 1. The van der Waals surface area contributed by atoms with Crippen molar-refractivity contribution in [2.24, 2.45) is 5.92 Å². The third-order valence-corrected chi connectivity index (χ3v) is 5.38. The van der Waals surface area contributed by atoms with Crippen LogP contribution < -0.4 is 5.32 Å². The summed E-state index contributed by atoms with van der Waals surface area (Å²) < 4.78 is 13.8. The fraction of sp³-hybridized carbons (Fsp3) is 0.333. The Morgan fingerprint density at radius 2 is 1.76 bits per heavy atom. The van der Waals surface area contributed by atoms with Gasteiger partial charge >= 0.3 is 0 Å². The van der Waals surface area contributed by atoms with E-state index in [1.807, 2.05) is 48.2 Å². The van der Waals surface area contributed by atoms with Crippen molar-refractivity contribution in [2.75, 3.05) is 18.4 Å². The number of piperidine rings is 1. The zero-order valence-electron chi connectivity index (χ0n) is 17.0. The van der Waals surface area contributed by atoms with Crippen LogP contribution in [0.4, 0.5) is 10.1 Å². The minimum Gasteiger partial charge on any atom is -0.343 e. The topological polar surface area (TPSA) is 49.4 Å². The lowest BCUT2D eigenvalue weighted by Crippen LogP contribution is -2.37. The van der Waals surface area contributed by atoms with Crippen LogP contribution in [0.1, 0.15) is 38.7 Å². The number of amides is 2. The molecule has 2 aromatic rings. The lowest BCUT2D eigenvalue weighted by molar-refractivity contribution is -0.130. The molecule has 152 valence electrons. The van der Waals surface area contributed by atoms with Crippen molar-refractivity contribution in [3.63, 3.8) is 0 Å². The number of allylic oxidation sites excluding steroid dienone is 1. The van der Waals surface area contributed by atoms with E-state index in [0.29, 0.717) is 17.9 Å². The number of carbonyl (C=O) groups is 2. The summed E-state index contributed by atoms with van der Waals surface area (Å²) in [4.78, 5) is 25.6. The van der Waals surface area contributed by atoms with E-state index in [9.17, 15) is 14.0 Å². The van der Waals surface area contributed by atoms with Crippen LogP contribution in [-0.2, 0) is 9.59 Å². The van der Waals surface area contributed by atoms with Gasteiger partial charge in [-0.2, -0.15) is 0 Å². The van der Waals surface area contributed by atoms with Gasteiger partial charge in [-0.3, -0.25) is 9.59 Å². The highest BCUT2D eigenvalue weighted by molar-refractivity contribution is 5.91. The molecule has 0 aromatic heterocycles. The fourth-order valence-corrected chi connectivity index (χ4v) is 3.70. The van der Waals surface area contributed by atoms with Gasteiger partial charge in [0.2, 0.25) is 11.8 Å². The summed E-state index contributed by atoms with van der Waals surface area (Å²) in [5.74, 6) is 0.169. The molecule has 4 nitrogen and oxygen atoms in total. The van der Waals surface area contributed by atoms with Crippen molar-refractivity contribution in [1.82, 2.24) is 4.90 Å². The Hall–Kier alpha value is -2.95. The van der Waals surface area contributed by atoms with Gasteiger partial charge in [0.25, 0.3) is 0 Å². The quantitative estimate of drug-likeness (QED) is 0.766. The summed E-state index contributed by atoms with van der Waals surface area (Å²) >= 11 is 0. The summed E-state index contributed by atoms with van der Waals surface area (Å²) in [6.45, 7) is 4.91. The van der Waals surface area contributed by atoms with Crippen molar-refractivity contribution >= 4 is 23.6 Å². The minimum absolute atomic E-state index is 0.00354. The number of likely N-dealkylation sites (tertiary alicyclic amines) is 1. The van der Waals surface area contributed by atoms with Gasteiger partial charge in [0.05, 0.1) is 0 Å². The van der Waals surface area contributed by atoms with Crippen LogP contribution in [0.25, 0.3) is 17.2 Å². The fourth-order valence-electron chi connectivity index (χ4n) is 3.70. The predicted octanol–water partition coefficient (Wildman–Crippen LogP) is 5.11. The molecule has 0 atom stereocenters. The molecule has 0 spiro atoms. The standard InChI is InChI=1S/C24H27FN2O2/c1-3-4-21-16-20(7-10-23(21)25)19-5-8-22(9-6-19)26-24(29)15-18-11-13-27(14-12-18)17(2)28/h3-10,16,18H,11-15H2,1-2H3,(H,26,29). The van der Waals surface area contributed by atoms with Crippen LogP contribution in [0.2, 0.25) is 0 Å². The Morgan fingerprint density at radius 1 is 1.10 bits per heavy atom. The number of rotatable bonds is 5. The second-order valence-electron chi connectivity index (χ2n) is 7.52. The first-order chi connectivity index (χ1) is 14.0. The van der Waals surface area contributed by atoms with Gasteiger partial charge in [-0.1, -0.05) is 30.4 Å². The van der Waals surface area contributed by atoms with Crippen molar-refractivity contribution in [3.8, 4) is 11.1 Å². The van der Waals surface area contributed by atoms with Gasteiger partial charge in [0.1, 0.15) is 5.82 Å². The van der Waals surface area contributed by atoms with Crippen LogP contribution in [0, 0.1) is 11.7 Å². The zero-order valence-corrected chi connectivity index (χ0v) is 17.0. The van der Waals surface area contributed by atoms with Crippen LogP contribution >= 0.6 is 0 Å². The highest BCUT2D eigenvalue weighted by atomic mass is 19.1. The normalized spacial score (nSPS) is 14.9. The van der Waals surface area contributed by atoms with Crippen molar-refractivity contribution < 1.29 is 14.0 Å². The molecule has 1 heterocycles. The Labute approximate surface area is 171 Å². The Morgan fingerprint density at radius 3 is 2.38 bits per heavy atom. The molecule has 1 N–H and O–H groups in total. The maximum atomic E-state index is 13.8. The molecule has 3 rings (SSSR count). The molecule has 0 saturated carbocycles. The first-order valence-electron chi connectivity index (χ1n) is 10.0. The van der Waals surface area contributed by atoms with Crippen molar-refractivity contribution in [2.45, 2.75) is 33.1 Å². The molecule has 0 unspecified atom stereocenters. The molecule has 0 bridgehead atoms. The van der Waals surface area contributed by atoms with E-state index in [-0.39, 0.29) is 17.6 Å². The largest absolute Gasteiger partial charge is 0.343 e. The summed E-state index contributed by atoms with van der Waals surface area (Å²) in [7, 11) is 0. The minimum atomic E-state index is -0.245. The number of benzene rings is 2. The summed E-state index contributed by atoms with van der Waals surface area (Å²) in [6, 6.07) is 12.6. The number of nitrogens with one attached hydrogen (secondary N) is 1. The van der Waals surface area contributed by atoms with Gasteiger partial charge in [-0.25, -0.2) is 4.39 Å². The van der Waals surface area contributed by atoms with E-state index < -0.39 is 0 Å². The Bertz CT molecular complexity index is 898. The molecule has 29 heavy (non-hydrogen) atoms. The number of hydrogen-bond donors (Lipinski definition) is 1. The van der Waals surface area contributed by atoms with E-state index in [0.717, 1.165) is 42.7 Å². The number of hydrogen-bond acceptors (Lipinski definition) is 2. The molecule has 1 saturated heterocycles. The van der Waals surface area contributed by atoms with Gasteiger partial charge in [0, 0.05) is 37.7 Å². The highest BCUT2D eigenvalue weighted by Crippen LogP contribution is 2.25. The van der Waals surface area contributed by atoms with Gasteiger partial charge in [0.15, 0.2) is 0 Å². The molecule has 1 aliphatic rings. The highest BCUT2D eigenvalue weighted by Gasteiger charge is 2.22. The molecule has 2 amide bonds. The average Bonchev–Trinajstić information content (AvgIpc) is 2.71. The SMILES string of the molecule is CC=Cc1cc(-c2ccc(NC(=O)CC3CCN(C(C)=O)CC3)cc2)ccc1F. The van der Waals surface area contributed by atoms with Crippen LogP contribution in [0.15, 0.2) is 48.5 Å². The van der Waals surface area contributed by atoms with Gasteiger partial charge < -0.3 is 10.2 Å². The van der Waals surface area contributed by atoms with Crippen molar-refractivity contribution in [3.05, 3.63) is 59.9 Å². The second-order valence-corrected chi connectivity index (χ2v) is 7.52. The van der Waals surface area contributed by atoms with E-state index in [1.165, 1.54) is 6.07 Å². The molecule has 1 fully saturated rings. The number of anilines is 1. The average molecular weight is 394 g/mol. The van der Waals surface area contributed by atoms with E-state index in [4.69, 9.17) is 0 Å². The van der Waals surface area contributed by atoms with E-state index >= 15 is 0 Å². The maximum absolute atomic E-state index is 13.8. The zero-order chi connectivity index (χ0) is 20.8. The summed E-state index contributed by atoms with van der Waals surface area (Å²) in [5, 5.41) is 2.95. The first-order valence-corrected chi connectivity index (χ1v) is 10.0. The molecule has 1 aliphatic heterocycles. The number of nitrogens with zero attached hydrogens (tertiary/aromatic N) is 1. The summed E-state index contributed by atoms with van der Waals surface area (Å²) in [6.07, 6.45) is 5.76. The first kappa shape index (κ1) is 20.8. The molecular formula is C24H27FN2O2. The molecule has 2 aromatic carbocycles. The van der Waals surface area contributed by atoms with Crippen LogP contribution in [0.5, 0.6) is 0 Å². The third-order valence-electron chi connectivity index (χ3n) is 5.38. The Balaban J connectivity index is 1.57. The van der Waals surface area contributed by atoms with E-state index in [1.54, 1.807) is 19.1 Å². The smallest absolute Gasteiger partial charge is 0.224 e. The van der Waals surface area contributed by atoms with Crippen LogP contribution in [0.3, 0.4) is 0 Å². The predicted molar refractivity (Wildman–Crippen MR) is 115 cm³/mol. The van der Waals surface area contributed by atoms with E-state index in [2.05, 4.69) is 5.32 Å².